The molecule has 4 heterocycles. The fourth-order valence-electron chi connectivity index (χ4n) is 7.09. The monoisotopic (exact) mass is 682 g/mol. The molecule has 4 aromatic heterocycles. The molecule has 48 heavy (non-hydrogen) atoms. The minimum atomic E-state index is 1.26. The van der Waals surface area contributed by atoms with Gasteiger partial charge in [0.05, 0.1) is 9.75 Å². The molecular weight excluding hydrogens is 657 g/mol. The molecule has 226 valence electrons. The molecule has 0 unspecified atom stereocenters. The predicted molar refractivity (Wildman–Crippen MR) is 215 cm³/mol. The number of hydrogen-bond acceptors (Lipinski definition) is 4. The molecule has 0 N–H and O–H groups in total. The van der Waals surface area contributed by atoms with Gasteiger partial charge in [-0.25, -0.2) is 0 Å². The Morgan fingerprint density at radius 3 is 0.854 bits per heavy atom. The predicted octanol–water partition coefficient (Wildman–Crippen LogP) is 14.9. The van der Waals surface area contributed by atoms with Gasteiger partial charge in [0.25, 0.3) is 0 Å². The van der Waals surface area contributed by atoms with Crippen LogP contribution in [0.2, 0.25) is 0 Å². The van der Waals surface area contributed by atoms with E-state index in [0.717, 1.165) is 0 Å². The molecule has 6 aromatic carbocycles. The summed E-state index contributed by atoms with van der Waals surface area (Å²) in [5.41, 5.74) is 7.89. The Balaban J connectivity index is 1.34. The summed E-state index contributed by atoms with van der Waals surface area (Å²) in [6.07, 6.45) is 0. The zero-order chi connectivity index (χ0) is 31.6. The first-order valence-electron chi connectivity index (χ1n) is 16.0. The van der Waals surface area contributed by atoms with Crippen molar-refractivity contribution in [3.8, 4) is 52.9 Å². The minimum absolute atomic E-state index is 1.26. The summed E-state index contributed by atoms with van der Waals surface area (Å²) in [4.78, 5) is 5.40. The van der Waals surface area contributed by atoms with E-state index in [1.54, 1.807) is 0 Å². The Bertz CT molecular complexity index is 2580. The van der Waals surface area contributed by atoms with Crippen molar-refractivity contribution in [2.45, 2.75) is 0 Å². The van der Waals surface area contributed by atoms with Gasteiger partial charge in [-0.2, -0.15) is 0 Å². The second kappa shape index (κ2) is 11.4. The van der Waals surface area contributed by atoms with Crippen LogP contribution in [0.15, 0.2) is 158 Å². The maximum Gasteiger partial charge on any atom is 0.0549 e. The molecule has 0 nitrogen and oxygen atoms in total. The van der Waals surface area contributed by atoms with E-state index >= 15 is 0 Å². The van der Waals surface area contributed by atoms with E-state index in [4.69, 9.17) is 0 Å². The van der Waals surface area contributed by atoms with Crippen LogP contribution in [0, 0.1) is 0 Å². The summed E-state index contributed by atoms with van der Waals surface area (Å²) in [6.45, 7) is 0. The van der Waals surface area contributed by atoms with E-state index in [1.165, 1.54) is 93.2 Å². The Labute approximate surface area is 294 Å². The molecule has 0 saturated heterocycles. The van der Waals surface area contributed by atoms with Crippen molar-refractivity contribution in [2.24, 2.45) is 0 Å². The van der Waals surface area contributed by atoms with Gasteiger partial charge in [0, 0.05) is 72.4 Å². The standard InChI is InChI=1S/C44H26S4/c1-3-15-27(16-4-1)37-29-19-7-11-23-33(29)45-41(37)39-31-21-9-13-25-35(31)47-43(39)44-40(32-22-10-14-26-36(32)48-44)42-38(28-17-5-2-6-18-28)30-20-8-12-24-34(30)46-42/h1-26H. The molecule has 0 spiro atoms. The van der Waals surface area contributed by atoms with E-state index in [9.17, 15) is 0 Å². The highest BCUT2D eigenvalue weighted by Crippen LogP contribution is 2.58. The van der Waals surface area contributed by atoms with Crippen molar-refractivity contribution in [1.82, 2.24) is 0 Å². The average Bonchev–Trinajstić information content (AvgIpc) is 3.91. The third kappa shape index (κ3) is 4.38. The van der Waals surface area contributed by atoms with Gasteiger partial charge in [0.1, 0.15) is 0 Å². The van der Waals surface area contributed by atoms with E-state index < -0.39 is 0 Å². The molecule has 0 saturated carbocycles. The molecular formula is C44H26S4. The maximum absolute atomic E-state index is 2.33. The Kier molecular flexibility index (Phi) is 6.70. The van der Waals surface area contributed by atoms with Crippen molar-refractivity contribution in [2.75, 3.05) is 0 Å². The molecule has 0 aliphatic carbocycles. The number of benzene rings is 6. The van der Waals surface area contributed by atoms with Crippen LogP contribution in [-0.2, 0) is 0 Å². The Morgan fingerprint density at radius 1 is 0.229 bits per heavy atom. The summed E-state index contributed by atoms with van der Waals surface area (Å²) in [7, 11) is 0. The first-order chi connectivity index (χ1) is 23.8. The molecule has 4 heteroatoms. The number of fused-ring (bicyclic) bond motifs is 4. The van der Waals surface area contributed by atoms with Gasteiger partial charge < -0.3 is 0 Å². The van der Waals surface area contributed by atoms with Gasteiger partial charge >= 0.3 is 0 Å². The first kappa shape index (κ1) is 28.2. The lowest BCUT2D eigenvalue weighted by atomic mass is 9.95. The number of hydrogen-bond donors (Lipinski definition) is 0. The van der Waals surface area contributed by atoms with E-state index in [2.05, 4.69) is 158 Å². The summed E-state index contributed by atoms with van der Waals surface area (Å²) in [6, 6.07) is 57.8. The van der Waals surface area contributed by atoms with Crippen molar-refractivity contribution < 1.29 is 0 Å². The molecule has 0 aliphatic heterocycles. The summed E-state index contributed by atoms with van der Waals surface area (Å²) in [5, 5.41) is 5.28. The zero-order valence-electron chi connectivity index (χ0n) is 25.6. The molecule has 0 aliphatic rings. The molecule has 0 fully saturated rings. The van der Waals surface area contributed by atoms with Crippen molar-refractivity contribution in [1.29, 1.82) is 0 Å². The summed E-state index contributed by atoms with van der Waals surface area (Å²) >= 11 is 7.73. The number of thiophene rings is 4. The van der Waals surface area contributed by atoms with Crippen LogP contribution in [0.25, 0.3) is 93.2 Å². The molecule has 10 aromatic rings. The van der Waals surface area contributed by atoms with Crippen molar-refractivity contribution in [3.05, 3.63) is 158 Å². The highest BCUT2D eigenvalue weighted by Gasteiger charge is 2.28. The topological polar surface area (TPSA) is 0 Å². The van der Waals surface area contributed by atoms with Crippen LogP contribution in [0.1, 0.15) is 0 Å². The lowest BCUT2D eigenvalue weighted by Crippen LogP contribution is -1.84. The van der Waals surface area contributed by atoms with Gasteiger partial charge in [0.15, 0.2) is 0 Å². The molecule has 0 bridgehead atoms. The largest absolute Gasteiger partial charge is 0.134 e. The van der Waals surface area contributed by atoms with Gasteiger partial charge in [-0.15, -0.1) is 45.3 Å². The van der Waals surface area contributed by atoms with Crippen LogP contribution >= 0.6 is 45.3 Å². The summed E-state index contributed by atoms with van der Waals surface area (Å²) in [5.74, 6) is 0. The first-order valence-corrected chi connectivity index (χ1v) is 19.3. The van der Waals surface area contributed by atoms with Crippen molar-refractivity contribution in [3.63, 3.8) is 0 Å². The molecule has 0 atom stereocenters. The molecule has 0 amide bonds. The zero-order valence-corrected chi connectivity index (χ0v) is 28.9. The normalized spacial score (nSPS) is 11.8. The Hall–Kier alpha value is -4.84. The van der Waals surface area contributed by atoms with Gasteiger partial charge in [0.2, 0.25) is 0 Å². The van der Waals surface area contributed by atoms with Crippen LogP contribution in [0.3, 0.4) is 0 Å². The SMILES string of the molecule is c1ccc(-c2c(-c3c(-c4sc5ccccc5c4-c4sc5ccccc5c4-c4ccccc4)sc4ccccc34)sc3ccccc23)cc1. The van der Waals surface area contributed by atoms with E-state index in [1.807, 2.05) is 45.3 Å². The number of rotatable bonds is 5. The van der Waals surface area contributed by atoms with Crippen molar-refractivity contribution >= 4 is 85.7 Å². The fourth-order valence-corrected chi connectivity index (χ4v) is 12.4. The lowest BCUT2D eigenvalue weighted by molar-refractivity contribution is 1.68. The van der Waals surface area contributed by atoms with Crippen LogP contribution in [-0.4, -0.2) is 0 Å². The van der Waals surface area contributed by atoms with Crippen LogP contribution < -0.4 is 0 Å². The molecule has 0 radical (unpaired) electrons. The minimum Gasteiger partial charge on any atom is -0.134 e. The smallest absolute Gasteiger partial charge is 0.0549 e. The van der Waals surface area contributed by atoms with Gasteiger partial charge in [-0.3, -0.25) is 0 Å². The maximum atomic E-state index is 2.33. The second-order valence-corrected chi connectivity index (χ2v) is 16.2. The van der Waals surface area contributed by atoms with E-state index in [0.29, 0.717) is 0 Å². The van der Waals surface area contributed by atoms with Gasteiger partial charge in [-0.1, -0.05) is 133 Å². The van der Waals surface area contributed by atoms with Crippen LogP contribution in [0.5, 0.6) is 0 Å². The average molecular weight is 683 g/mol. The quantitative estimate of drug-likeness (QED) is 0.169. The van der Waals surface area contributed by atoms with Gasteiger partial charge in [-0.05, 0) is 35.4 Å². The Morgan fingerprint density at radius 2 is 0.500 bits per heavy atom. The van der Waals surface area contributed by atoms with Crippen LogP contribution in [0.4, 0.5) is 0 Å². The lowest BCUT2D eigenvalue weighted by Gasteiger charge is -2.11. The highest BCUT2D eigenvalue weighted by molar-refractivity contribution is 7.31. The summed E-state index contributed by atoms with van der Waals surface area (Å²) < 4.78 is 5.28. The molecule has 10 rings (SSSR count). The fraction of sp³-hybridized carbons (Fsp3) is 0. The highest BCUT2D eigenvalue weighted by atomic mass is 32.1. The third-order valence-corrected chi connectivity index (χ3v) is 14.0. The third-order valence-electron chi connectivity index (χ3n) is 9.17. The van der Waals surface area contributed by atoms with E-state index in [-0.39, 0.29) is 0 Å². The second-order valence-electron chi connectivity index (χ2n) is 11.9.